The van der Waals surface area contributed by atoms with E-state index in [4.69, 9.17) is 0 Å². The monoisotopic (exact) mass is 548 g/mol. The van der Waals surface area contributed by atoms with E-state index in [1.165, 1.54) is 46.0 Å². The Morgan fingerprint density at radius 2 is 0.667 bits per heavy atom. The quantitative estimate of drug-likeness (QED) is 0.173. The number of rotatable bonds is 16. The first kappa shape index (κ1) is 24.6. The molecule has 0 radical (unpaired) electrons. The molecule has 21 heavy (non-hydrogen) atoms. The van der Waals surface area contributed by atoms with Gasteiger partial charge in [-0.1, -0.05) is 0 Å². The molecule has 0 amide bonds. The Morgan fingerprint density at radius 3 is 0.857 bits per heavy atom. The van der Waals surface area contributed by atoms with Gasteiger partial charge in [0.05, 0.1) is 0 Å². The molecule has 0 bridgehead atoms. The first-order chi connectivity index (χ1) is 10.2. The molecule has 0 fully saturated rings. The molecule has 0 saturated carbocycles. The first-order valence-electron chi connectivity index (χ1n) is 6.76. The van der Waals surface area contributed by atoms with Gasteiger partial charge in [0, 0.05) is 0 Å². The summed E-state index contributed by atoms with van der Waals surface area (Å²) < 4.78 is 0. The summed E-state index contributed by atoms with van der Waals surface area (Å²) in [5, 5.41) is 0. The Morgan fingerprint density at radius 1 is 0.429 bits per heavy atom. The van der Waals surface area contributed by atoms with Crippen LogP contribution in [0.2, 0.25) is 0 Å². The van der Waals surface area contributed by atoms with Crippen LogP contribution >= 0.6 is 82.8 Å². The molecule has 0 aliphatic heterocycles. The zero-order valence-electron chi connectivity index (χ0n) is 13.4. The molecule has 0 atom stereocenters. The summed E-state index contributed by atoms with van der Waals surface area (Å²) in [5.74, 6) is 10.7. The van der Waals surface area contributed by atoms with Gasteiger partial charge in [-0.05, 0) is 0 Å². The van der Waals surface area contributed by atoms with Crippen LogP contribution in [0.3, 0.4) is 0 Å². The van der Waals surface area contributed by atoms with Gasteiger partial charge in [-0.2, -0.15) is 0 Å². The molecule has 0 aromatic heterocycles. The Balaban J connectivity index is 4.52. The van der Waals surface area contributed by atoms with Crippen molar-refractivity contribution in [2.45, 2.75) is 0 Å². The van der Waals surface area contributed by atoms with Crippen LogP contribution in [0.1, 0.15) is 0 Å². The second kappa shape index (κ2) is 18.4. The van der Waals surface area contributed by atoms with Gasteiger partial charge < -0.3 is 0 Å². The van der Waals surface area contributed by atoms with E-state index in [0.717, 1.165) is 0 Å². The minimum atomic E-state index is -2.17. The Labute approximate surface area is 164 Å². The third-order valence-corrected chi connectivity index (χ3v) is 56.4. The summed E-state index contributed by atoms with van der Waals surface area (Å²) in [6.07, 6.45) is 8.95. The van der Waals surface area contributed by atoms with Gasteiger partial charge in [0.25, 0.3) is 0 Å². The maximum absolute atomic E-state index is 2.40. The second-order valence-electron chi connectivity index (χ2n) is 3.87. The molecular weight excluding hydrogens is 519 g/mol. The molecule has 0 nitrogen and oxygen atoms in total. The van der Waals surface area contributed by atoms with E-state index >= 15 is 0 Å². The summed E-state index contributed by atoms with van der Waals surface area (Å²) in [4.78, 5) is 0. The molecular formula is C12H28S8Sn. The summed E-state index contributed by atoms with van der Waals surface area (Å²) in [6.45, 7) is 0. The Hall–Kier alpha value is 3.60. The van der Waals surface area contributed by atoms with E-state index in [2.05, 4.69) is 60.8 Å². The molecule has 0 aliphatic rings. The van der Waals surface area contributed by atoms with Gasteiger partial charge in [0.1, 0.15) is 0 Å². The average molecular weight is 548 g/mol. The summed E-state index contributed by atoms with van der Waals surface area (Å²) >= 11 is 5.83. The van der Waals surface area contributed by atoms with E-state index < -0.39 is 12.8 Å². The van der Waals surface area contributed by atoms with E-state index in [9.17, 15) is 0 Å². The van der Waals surface area contributed by atoms with Crippen molar-refractivity contribution in [2.75, 3.05) is 71.0 Å². The molecule has 0 aromatic rings. The molecule has 0 aliphatic carbocycles. The van der Waals surface area contributed by atoms with Crippen LogP contribution in [0.4, 0.5) is 0 Å². The normalized spacial score (nSPS) is 12.0. The summed E-state index contributed by atoms with van der Waals surface area (Å²) in [6, 6.07) is 0. The van der Waals surface area contributed by atoms with Crippen molar-refractivity contribution in [3.8, 4) is 0 Å². The zero-order valence-corrected chi connectivity index (χ0v) is 22.8. The molecule has 128 valence electrons. The number of thioether (sulfide) groups is 4. The van der Waals surface area contributed by atoms with Gasteiger partial charge >= 0.3 is 167 Å². The standard InChI is InChI=1S/4C3H8S2.Sn/c4*1-5-3-2-4;/h4*4H,2-3H2,1H3;/q;;;;+4/p-4. The van der Waals surface area contributed by atoms with E-state index in [1.54, 1.807) is 0 Å². The van der Waals surface area contributed by atoms with Gasteiger partial charge in [-0.15, -0.1) is 0 Å². The zero-order chi connectivity index (χ0) is 15.8. The number of hydrogen-bond donors (Lipinski definition) is 0. The second-order valence-corrected chi connectivity index (χ2v) is 50.2. The Bertz CT molecular complexity index is 174. The van der Waals surface area contributed by atoms with Crippen LogP contribution in [0, 0.1) is 0 Å². The third kappa shape index (κ3) is 14.5. The molecule has 0 heterocycles. The summed E-state index contributed by atoms with van der Waals surface area (Å²) in [5.41, 5.74) is 0. The van der Waals surface area contributed by atoms with Gasteiger partial charge in [0.15, 0.2) is 0 Å². The van der Waals surface area contributed by atoms with Crippen LogP contribution in [-0.4, -0.2) is 83.9 Å². The van der Waals surface area contributed by atoms with Crippen molar-refractivity contribution in [1.82, 2.24) is 0 Å². The van der Waals surface area contributed by atoms with E-state index in [-0.39, 0.29) is 0 Å². The topological polar surface area (TPSA) is 0 Å². The minimum absolute atomic E-state index is 1.32. The fraction of sp³-hybridized carbons (Fsp3) is 1.00. The van der Waals surface area contributed by atoms with Crippen molar-refractivity contribution in [1.29, 1.82) is 0 Å². The molecule has 0 rings (SSSR count). The van der Waals surface area contributed by atoms with Gasteiger partial charge in [-0.3, -0.25) is 0 Å². The van der Waals surface area contributed by atoms with E-state index in [1.807, 2.05) is 47.0 Å². The van der Waals surface area contributed by atoms with Crippen LogP contribution in [0.15, 0.2) is 0 Å². The van der Waals surface area contributed by atoms with Gasteiger partial charge in [-0.25, -0.2) is 0 Å². The van der Waals surface area contributed by atoms with Crippen molar-refractivity contribution in [2.24, 2.45) is 0 Å². The molecule has 0 N–H and O–H groups in total. The Kier molecular flexibility index (Phi) is 21.5. The van der Waals surface area contributed by atoms with Crippen LogP contribution in [0.25, 0.3) is 0 Å². The molecule has 0 unspecified atom stereocenters. The van der Waals surface area contributed by atoms with Crippen molar-refractivity contribution in [3.63, 3.8) is 0 Å². The first-order valence-corrected chi connectivity index (χ1v) is 30.3. The predicted octanol–water partition coefficient (Wildman–Crippen LogP) is 5.81. The molecule has 9 heteroatoms. The third-order valence-electron chi connectivity index (χ3n) is 2.27. The van der Waals surface area contributed by atoms with Crippen LogP contribution in [0.5, 0.6) is 0 Å². The van der Waals surface area contributed by atoms with Crippen molar-refractivity contribution >= 4 is 95.7 Å². The molecule has 0 spiro atoms. The van der Waals surface area contributed by atoms with Gasteiger partial charge in [0.2, 0.25) is 0 Å². The fourth-order valence-electron chi connectivity index (χ4n) is 1.25. The van der Waals surface area contributed by atoms with E-state index in [0.29, 0.717) is 0 Å². The SMILES string of the molecule is CSCC[S][Sn]([S]CCSC)([S]CCSC)[S]CCSC. The van der Waals surface area contributed by atoms with Crippen LogP contribution < -0.4 is 0 Å². The van der Waals surface area contributed by atoms with Crippen LogP contribution in [-0.2, 0) is 0 Å². The fourth-order valence-corrected chi connectivity index (χ4v) is 58.3. The average Bonchev–Trinajstić information content (AvgIpc) is 2.48. The molecule has 0 aromatic carbocycles. The predicted molar refractivity (Wildman–Crippen MR) is 129 cm³/mol. The molecule has 0 saturated heterocycles. The number of hydrogen-bond acceptors (Lipinski definition) is 8. The summed E-state index contributed by atoms with van der Waals surface area (Å²) in [7, 11) is 9.58. The maximum atomic E-state index is 2.40. The van der Waals surface area contributed by atoms with Crippen molar-refractivity contribution in [3.05, 3.63) is 0 Å². The van der Waals surface area contributed by atoms with Crippen molar-refractivity contribution < 1.29 is 0 Å².